The van der Waals surface area contributed by atoms with Crippen LogP contribution >= 0.6 is 0 Å². The van der Waals surface area contributed by atoms with Crippen molar-refractivity contribution in [1.82, 2.24) is 9.97 Å². The predicted octanol–water partition coefficient (Wildman–Crippen LogP) is 5.20. The van der Waals surface area contributed by atoms with E-state index in [1.807, 2.05) is 61.5 Å². The number of benzene rings is 2. The van der Waals surface area contributed by atoms with E-state index < -0.39 is 10.8 Å². The third kappa shape index (κ3) is 4.15. The molecule has 0 saturated carbocycles. The Bertz CT molecular complexity index is 1370. The summed E-state index contributed by atoms with van der Waals surface area (Å²) < 4.78 is 34.1. The van der Waals surface area contributed by atoms with E-state index in [0.29, 0.717) is 56.8 Å². The van der Waals surface area contributed by atoms with Gasteiger partial charge in [0.15, 0.2) is 0 Å². The molecule has 8 heteroatoms. The lowest BCUT2D eigenvalue weighted by atomic mass is 10.0. The summed E-state index contributed by atoms with van der Waals surface area (Å²) in [6.07, 6.45) is 4.91. The zero-order valence-corrected chi connectivity index (χ0v) is 19.9. The molecule has 0 amide bonds. The molecule has 0 unspecified atom stereocenters. The first kappa shape index (κ1) is 22.4. The molecule has 1 aliphatic rings. The van der Waals surface area contributed by atoms with Crippen LogP contribution in [0.5, 0.6) is 0 Å². The van der Waals surface area contributed by atoms with Crippen LogP contribution in [0.1, 0.15) is 5.56 Å². The number of anilines is 3. The molecule has 1 aliphatic heterocycles. The average Bonchev–Trinajstić information content (AvgIpc) is 2.88. The van der Waals surface area contributed by atoms with E-state index >= 15 is 4.48 Å². The van der Waals surface area contributed by atoms with Gasteiger partial charge >= 0.3 is 0 Å². The van der Waals surface area contributed by atoms with E-state index in [2.05, 4.69) is 9.88 Å². The minimum atomic E-state index is -1.22. The van der Waals surface area contributed by atoms with Gasteiger partial charge in [-0.1, -0.05) is 40.9 Å². The SMILES string of the molecule is Cc1c(-c2ccccc2[S@](C)=O)nc2ccccc2c1N(F)c1cncc(N2CCOCC2)c1. The van der Waals surface area contributed by atoms with E-state index in [1.165, 1.54) is 6.20 Å². The van der Waals surface area contributed by atoms with Crippen molar-refractivity contribution in [2.45, 2.75) is 11.8 Å². The molecule has 1 saturated heterocycles. The van der Waals surface area contributed by atoms with Crippen molar-refractivity contribution in [3.63, 3.8) is 0 Å². The molecule has 34 heavy (non-hydrogen) atoms. The van der Waals surface area contributed by atoms with Crippen LogP contribution in [-0.2, 0) is 15.5 Å². The third-order valence-electron chi connectivity index (χ3n) is 6.06. The first-order valence-electron chi connectivity index (χ1n) is 11.1. The largest absolute Gasteiger partial charge is 0.378 e. The van der Waals surface area contributed by atoms with Crippen molar-refractivity contribution in [3.05, 3.63) is 72.6 Å². The van der Waals surface area contributed by atoms with E-state index in [9.17, 15) is 4.21 Å². The van der Waals surface area contributed by atoms with Crippen LogP contribution in [0, 0.1) is 6.92 Å². The van der Waals surface area contributed by atoms with Crippen molar-refractivity contribution in [1.29, 1.82) is 0 Å². The molecule has 0 aliphatic carbocycles. The van der Waals surface area contributed by atoms with E-state index in [0.717, 1.165) is 24.3 Å². The summed E-state index contributed by atoms with van der Waals surface area (Å²) in [6.45, 7) is 4.61. The second-order valence-corrected chi connectivity index (χ2v) is 9.53. The predicted molar refractivity (Wildman–Crippen MR) is 135 cm³/mol. The van der Waals surface area contributed by atoms with Crippen LogP contribution in [0.3, 0.4) is 0 Å². The van der Waals surface area contributed by atoms with Gasteiger partial charge in [0.1, 0.15) is 0 Å². The summed E-state index contributed by atoms with van der Waals surface area (Å²) in [4.78, 5) is 12.0. The van der Waals surface area contributed by atoms with Gasteiger partial charge in [0, 0.05) is 40.8 Å². The molecule has 1 fully saturated rings. The normalized spacial score (nSPS) is 14.9. The number of pyridine rings is 2. The number of morpholine rings is 1. The fourth-order valence-corrected chi connectivity index (χ4v) is 5.11. The molecule has 0 bridgehead atoms. The third-order valence-corrected chi connectivity index (χ3v) is 7.04. The highest BCUT2D eigenvalue weighted by Gasteiger charge is 2.23. The minimum Gasteiger partial charge on any atom is -0.378 e. The van der Waals surface area contributed by atoms with E-state index in [1.54, 1.807) is 12.5 Å². The number of hydrogen-bond donors (Lipinski definition) is 0. The van der Waals surface area contributed by atoms with Gasteiger partial charge < -0.3 is 9.64 Å². The number of fused-ring (bicyclic) bond motifs is 1. The first-order valence-corrected chi connectivity index (χ1v) is 12.7. The summed E-state index contributed by atoms with van der Waals surface area (Å²) in [5, 5.41) is 1.38. The van der Waals surface area contributed by atoms with Crippen molar-refractivity contribution in [2.75, 3.05) is 42.6 Å². The standard InChI is InChI=1S/C26H25FN4O2S/c1-18-25(22-8-4-6-10-24(22)34(2)32)29-23-9-5-3-7-21(23)26(18)31(27)20-15-19(16-28-17-20)30-11-13-33-14-12-30/h3-10,15-17H,11-14H2,1-2H3/t34-/m0/s1. The van der Waals surface area contributed by atoms with Crippen molar-refractivity contribution in [3.8, 4) is 11.3 Å². The first-order chi connectivity index (χ1) is 16.5. The fourth-order valence-electron chi connectivity index (χ4n) is 4.36. The Hall–Kier alpha value is -3.36. The smallest absolute Gasteiger partial charge is 0.0951 e. The maximum atomic E-state index is 16.2. The summed E-state index contributed by atoms with van der Waals surface area (Å²) in [5.41, 5.74) is 4.26. The Morgan fingerprint density at radius 1 is 1.06 bits per heavy atom. The van der Waals surface area contributed by atoms with Crippen LogP contribution in [-0.4, -0.2) is 46.7 Å². The summed E-state index contributed by atoms with van der Waals surface area (Å²) in [6, 6.07) is 16.7. The fraction of sp³-hybridized carbons (Fsp3) is 0.231. The van der Waals surface area contributed by atoms with Crippen LogP contribution in [0.25, 0.3) is 22.2 Å². The van der Waals surface area contributed by atoms with E-state index in [4.69, 9.17) is 9.72 Å². The molecule has 2 aromatic heterocycles. The summed E-state index contributed by atoms with van der Waals surface area (Å²) >= 11 is 0. The summed E-state index contributed by atoms with van der Waals surface area (Å²) in [7, 11) is -1.22. The van der Waals surface area contributed by atoms with Crippen LogP contribution in [0.15, 0.2) is 71.9 Å². The van der Waals surface area contributed by atoms with Gasteiger partial charge in [-0.3, -0.25) is 9.19 Å². The van der Waals surface area contributed by atoms with Crippen molar-refractivity contribution >= 4 is 38.8 Å². The van der Waals surface area contributed by atoms with Gasteiger partial charge in [0.25, 0.3) is 0 Å². The van der Waals surface area contributed by atoms with Gasteiger partial charge in [-0.15, -0.1) is 0 Å². The van der Waals surface area contributed by atoms with Crippen molar-refractivity contribution < 1.29 is 13.4 Å². The second-order valence-electron chi connectivity index (χ2n) is 8.18. The lowest BCUT2D eigenvalue weighted by molar-refractivity contribution is 0.122. The number of ether oxygens (including phenoxy) is 1. The van der Waals surface area contributed by atoms with Crippen LogP contribution in [0.2, 0.25) is 0 Å². The quantitative estimate of drug-likeness (QED) is 0.369. The molecule has 1 atom stereocenters. The summed E-state index contributed by atoms with van der Waals surface area (Å²) in [5.74, 6) is 0. The van der Waals surface area contributed by atoms with Crippen LogP contribution < -0.4 is 10.0 Å². The molecule has 6 nitrogen and oxygen atoms in total. The highest BCUT2D eigenvalue weighted by Crippen LogP contribution is 2.41. The molecule has 5 rings (SSSR count). The molecular weight excluding hydrogens is 451 g/mol. The van der Waals surface area contributed by atoms with Gasteiger partial charge in [0.2, 0.25) is 0 Å². The number of aromatic nitrogens is 2. The van der Waals surface area contributed by atoms with Gasteiger partial charge in [-0.25, -0.2) is 4.98 Å². The molecule has 174 valence electrons. The highest BCUT2D eigenvalue weighted by molar-refractivity contribution is 7.84. The van der Waals surface area contributed by atoms with Crippen LogP contribution in [0.4, 0.5) is 21.5 Å². The maximum Gasteiger partial charge on any atom is 0.0951 e. The second kappa shape index (κ2) is 9.48. The topological polar surface area (TPSA) is 58.6 Å². The Labute approximate surface area is 200 Å². The van der Waals surface area contributed by atoms with Gasteiger partial charge in [0.05, 0.1) is 64.7 Å². The number of para-hydroxylation sites is 1. The highest BCUT2D eigenvalue weighted by atomic mass is 32.2. The Balaban J connectivity index is 1.67. The molecule has 0 N–H and O–H groups in total. The molecule has 0 spiro atoms. The van der Waals surface area contributed by atoms with E-state index in [-0.39, 0.29) is 0 Å². The average molecular weight is 477 g/mol. The maximum absolute atomic E-state index is 16.2. The Morgan fingerprint density at radius 3 is 2.59 bits per heavy atom. The monoisotopic (exact) mass is 476 g/mol. The van der Waals surface area contributed by atoms with Crippen molar-refractivity contribution in [2.24, 2.45) is 0 Å². The lowest BCUT2D eigenvalue weighted by Gasteiger charge is -2.29. The van der Waals surface area contributed by atoms with Gasteiger partial charge in [-0.05, 0) is 25.1 Å². The Kier molecular flexibility index (Phi) is 6.26. The zero-order valence-electron chi connectivity index (χ0n) is 19.1. The molecule has 2 aromatic carbocycles. The minimum absolute atomic E-state index is 0.335. The number of halogens is 1. The zero-order chi connectivity index (χ0) is 23.7. The lowest BCUT2D eigenvalue weighted by Crippen LogP contribution is -2.36. The molecule has 4 aromatic rings. The molecule has 3 heterocycles. The number of nitrogens with zero attached hydrogens (tertiary/aromatic N) is 4. The molecule has 0 radical (unpaired) electrons. The number of hydrogen-bond acceptors (Lipinski definition) is 6. The molecular formula is C26H25FN4O2S. The van der Waals surface area contributed by atoms with Gasteiger partial charge in [-0.2, -0.15) is 5.12 Å². The Morgan fingerprint density at radius 2 is 1.79 bits per heavy atom. The number of rotatable bonds is 5.